The minimum atomic E-state index is -3.08. The van der Waals surface area contributed by atoms with Gasteiger partial charge in [-0.25, -0.2) is 8.42 Å². The van der Waals surface area contributed by atoms with E-state index in [0.29, 0.717) is 13.1 Å². The minimum absolute atomic E-state index is 0.444. The highest BCUT2D eigenvalue weighted by Gasteiger charge is 2.12. The Morgan fingerprint density at radius 2 is 1.46 bits per heavy atom. The van der Waals surface area contributed by atoms with Crippen molar-refractivity contribution in [1.29, 1.82) is 0 Å². The monoisotopic (exact) mass is 203 g/mol. The van der Waals surface area contributed by atoms with Crippen molar-refractivity contribution in [3.63, 3.8) is 0 Å². The Morgan fingerprint density at radius 3 is 1.69 bits per heavy atom. The zero-order valence-electron chi connectivity index (χ0n) is 8.40. The van der Waals surface area contributed by atoms with Crippen molar-refractivity contribution in [1.82, 2.24) is 4.31 Å². The molecule has 0 aromatic heterocycles. The van der Waals surface area contributed by atoms with Gasteiger partial charge in [0.1, 0.15) is 0 Å². The third-order valence-electron chi connectivity index (χ3n) is 1.56. The van der Waals surface area contributed by atoms with Gasteiger partial charge in [-0.05, 0) is 13.8 Å². The summed E-state index contributed by atoms with van der Waals surface area (Å²) in [5.74, 6) is 0. The van der Waals surface area contributed by atoms with E-state index in [-0.39, 0.29) is 0 Å². The van der Waals surface area contributed by atoms with Crippen LogP contribution in [0.1, 0.15) is 13.8 Å². The summed E-state index contributed by atoms with van der Waals surface area (Å²) in [4.78, 5) is 0. The van der Waals surface area contributed by atoms with Crippen LogP contribution in [0.4, 0.5) is 0 Å². The van der Waals surface area contributed by atoms with Crippen molar-refractivity contribution in [2.45, 2.75) is 13.8 Å². The Balaban J connectivity index is 4.37. The number of rotatable bonds is 5. The molecule has 3 nitrogen and oxygen atoms in total. The SMILES string of the molecule is CC=CCN(CC=CC)S(C)(=O)=O. The van der Waals surface area contributed by atoms with Gasteiger partial charge in [0.25, 0.3) is 0 Å². The van der Waals surface area contributed by atoms with E-state index in [0.717, 1.165) is 0 Å². The maximum Gasteiger partial charge on any atom is 0.211 e. The van der Waals surface area contributed by atoms with Crippen LogP contribution in [0.25, 0.3) is 0 Å². The smallest absolute Gasteiger partial charge is 0.211 e. The fourth-order valence-corrected chi connectivity index (χ4v) is 1.50. The second-order valence-electron chi connectivity index (χ2n) is 2.72. The Morgan fingerprint density at radius 1 is 1.08 bits per heavy atom. The van der Waals surface area contributed by atoms with Crippen LogP contribution in [0.15, 0.2) is 24.3 Å². The summed E-state index contributed by atoms with van der Waals surface area (Å²) in [6.45, 7) is 4.63. The maximum absolute atomic E-state index is 11.2. The molecule has 0 radical (unpaired) electrons. The molecule has 0 N–H and O–H groups in total. The molecule has 4 heteroatoms. The van der Waals surface area contributed by atoms with Crippen molar-refractivity contribution in [3.8, 4) is 0 Å². The molecule has 0 aliphatic heterocycles. The summed E-state index contributed by atoms with van der Waals surface area (Å²) in [7, 11) is -3.08. The predicted molar refractivity (Wildman–Crippen MR) is 56.0 cm³/mol. The number of hydrogen-bond donors (Lipinski definition) is 0. The average Bonchev–Trinajstić information content (AvgIpc) is 2.02. The van der Waals surface area contributed by atoms with Crippen LogP contribution in [0.2, 0.25) is 0 Å². The van der Waals surface area contributed by atoms with Crippen LogP contribution >= 0.6 is 0 Å². The summed E-state index contributed by atoms with van der Waals surface area (Å²) >= 11 is 0. The standard InChI is InChI=1S/C9H17NO2S/c1-4-6-8-10(9-7-5-2)13(3,11)12/h4-7H,8-9H2,1-3H3. The minimum Gasteiger partial charge on any atom is -0.212 e. The highest BCUT2D eigenvalue weighted by Crippen LogP contribution is 1.98. The first-order valence-electron chi connectivity index (χ1n) is 4.19. The topological polar surface area (TPSA) is 37.4 Å². The largest absolute Gasteiger partial charge is 0.212 e. The molecule has 0 fully saturated rings. The van der Waals surface area contributed by atoms with Crippen LogP contribution in [0, 0.1) is 0 Å². The lowest BCUT2D eigenvalue weighted by molar-refractivity contribution is 0.479. The summed E-state index contributed by atoms with van der Waals surface area (Å²) < 4.78 is 23.8. The zero-order valence-corrected chi connectivity index (χ0v) is 9.21. The van der Waals surface area contributed by atoms with Gasteiger partial charge in [0, 0.05) is 13.1 Å². The van der Waals surface area contributed by atoms with Crippen molar-refractivity contribution in [2.75, 3.05) is 19.3 Å². The normalized spacial score (nSPS) is 13.5. The molecule has 0 bridgehead atoms. The maximum atomic E-state index is 11.2. The van der Waals surface area contributed by atoms with Crippen LogP contribution in [0.3, 0.4) is 0 Å². The lowest BCUT2D eigenvalue weighted by Gasteiger charge is -2.15. The second kappa shape index (κ2) is 5.94. The van der Waals surface area contributed by atoms with Gasteiger partial charge in [0.15, 0.2) is 0 Å². The van der Waals surface area contributed by atoms with Gasteiger partial charge in [-0.2, -0.15) is 4.31 Å². The predicted octanol–water partition coefficient (Wildman–Crippen LogP) is 1.40. The third-order valence-corrected chi connectivity index (χ3v) is 2.79. The average molecular weight is 203 g/mol. The molecule has 0 saturated heterocycles. The molecule has 0 aromatic rings. The molecular formula is C9H17NO2S. The third kappa shape index (κ3) is 5.60. The molecule has 0 heterocycles. The van der Waals surface area contributed by atoms with Gasteiger partial charge in [-0.1, -0.05) is 24.3 Å². The van der Waals surface area contributed by atoms with Crippen LogP contribution < -0.4 is 0 Å². The fourth-order valence-electron chi connectivity index (χ4n) is 0.791. The molecule has 0 rings (SSSR count). The molecular weight excluding hydrogens is 186 g/mol. The van der Waals surface area contributed by atoms with Crippen LogP contribution in [-0.2, 0) is 10.0 Å². The van der Waals surface area contributed by atoms with Gasteiger partial charge in [0.05, 0.1) is 6.26 Å². The molecule has 0 atom stereocenters. The first kappa shape index (κ1) is 12.4. The van der Waals surface area contributed by atoms with E-state index in [1.165, 1.54) is 10.6 Å². The van der Waals surface area contributed by atoms with E-state index in [1.807, 2.05) is 38.2 Å². The Kier molecular flexibility index (Phi) is 5.66. The highest BCUT2D eigenvalue weighted by atomic mass is 32.2. The van der Waals surface area contributed by atoms with Crippen molar-refractivity contribution in [2.24, 2.45) is 0 Å². The first-order chi connectivity index (χ1) is 6.02. The van der Waals surface area contributed by atoms with E-state index in [9.17, 15) is 8.42 Å². The fraction of sp³-hybridized carbons (Fsp3) is 0.556. The number of nitrogens with zero attached hydrogens (tertiary/aromatic N) is 1. The summed E-state index contributed by atoms with van der Waals surface area (Å²) in [5.41, 5.74) is 0. The molecule has 0 aromatic carbocycles. The van der Waals surface area contributed by atoms with E-state index in [2.05, 4.69) is 0 Å². The summed E-state index contributed by atoms with van der Waals surface area (Å²) in [6, 6.07) is 0. The van der Waals surface area contributed by atoms with E-state index >= 15 is 0 Å². The molecule has 0 aliphatic carbocycles. The van der Waals surface area contributed by atoms with Crippen molar-refractivity contribution < 1.29 is 8.42 Å². The molecule has 0 unspecified atom stereocenters. The number of hydrogen-bond acceptors (Lipinski definition) is 2. The van der Waals surface area contributed by atoms with E-state index in [1.54, 1.807) is 0 Å². The number of sulfonamides is 1. The lowest BCUT2D eigenvalue weighted by atomic mass is 10.5. The van der Waals surface area contributed by atoms with E-state index in [4.69, 9.17) is 0 Å². The van der Waals surface area contributed by atoms with Crippen molar-refractivity contribution >= 4 is 10.0 Å². The lowest BCUT2D eigenvalue weighted by Crippen LogP contribution is -2.30. The molecule has 76 valence electrons. The summed E-state index contributed by atoms with van der Waals surface area (Å²) in [6.07, 6.45) is 8.55. The van der Waals surface area contributed by atoms with Gasteiger partial charge in [-0.3, -0.25) is 0 Å². The van der Waals surface area contributed by atoms with Gasteiger partial charge >= 0.3 is 0 Å². The Hall–Kier alpha value is -0.610. The van der Waals surface area contributed by atoms with Crippen LogP contribution in [0.5, 0.6) is 0 Å². The van der Waals surface area contributed by atoms with Gasteiger partial charge < -0.3 is 0 Å². The molecule has 0 spiro atoms. The Bertz CT molecular complexity index is 264. The highest BCUT2D eigenvalue weighted by molar-refractivity contribution is 7.88. The molecule has 0 saturated carbocycles. The molecule has 13 heavy (non-hydrogen) atoms. The zero-order chi connectivity index (χ0) is 10.3. The van der Waals surface area contributed by atoms with Gasteiger partial charge in [0.2, 0.25) is 10.0 Å². The first-order valence-corrected chi connectivity index (χ1v) is 6.04. The molecule has 0 aliphatic rings. The van der Waals surface area contributed by atoms with E-state index < -0.39 is 10.0 Å². The molecule has 0 amide bonds. The van der Waals surface area contributed by atoms with Crippen molar-refractivity contribution in [3.05, 3.63) is 24.3 Å². The second-order valence-corrected chi connectivity index (χ2v) is 4.70. The quantitative estimate of drug-likeness (QED) is 0.633. The van der Waals surface area contributed by atoms with Crippen LogP contribution in [-0.4, -0.2) is 32.1 Å². The summed E-state index contributed by atoms with van der Waals surface area (Å²) in [5, 5.41) is 0. The number of allylic oxidation sites excluding steroid dienone is 2. The van der Waals surface area contributed by atoms with Gasteiger partial charge in [-0.15, -0.1) is 0 Å². The Labute approximate surface area is 80.8 Å².